The van der Waals surface area contributed by atoms with Gasteiger partial charge in [0.25, 0.3) is 0 Å². The molecule has 4 nitrogen and oxygen atoms in total. The molecular formula is C15H9Cl2F5N4. The lowest BCUT2D eigenvalue weighted by Gasteiger charge is -2.12. The molecule has 2 aromatic heterocycles. The molecule has 0 bridgehead atoms. The van der Waals surface area contributed by atoms with Crippen LogP contribution in [-0.2, 0) is 11.6 Å². The molecule has 0 unspecified atom stereocenters. The van der Waals surface area contributed by atoms with E-state index in [1.54, 1.807) is 13.0 Å². The van der Waals surface area contributed by atoms with Crippen molar-refractivity contribution in [3.05, 3.63) is 46.2 Å². The fraction of sp³-hybridized carbons (Fsp3) is 0.200. The van der Waals surface area contributed by atoms with Crippen molar-refractivity contribution in [2.45, 2.75) is 18.5 Å². The lowest BCUT2D eigenvalue weighted by molar-refractivity contribution is -0.140. The second kappa shape index (κ2) is 5.95. The van der Waals surface area contributed by atoms with Crippen LogP contribution in [0.2, 0.25) is 5.02 Å². The van der Waals surface area contributed by atoms with E-state index in [4.69, 9.17) is 28.9 Å². The van der Waals surface area contributed by atoms with Crippen LogP contribution in [0.25, 0.3) is 16.6 Å². The maximum atomic E-state index is 13.3. The first kappa shape index (κ1) is 18.7. The lowest BCUT2D eigenvalue weighted by atomic mass is 10.2. The molecule has 0 aliphatic heterocycles. The highest BCUT2D eigenvalue weighted by Crippen LogP contribution is 2.41. The largest absolute Gasteiger partial charge is 0.434 e. The van der Waals surface area contributed by atoms with Crippen LogP contribution in [0.5, 0.6) is 0 Å². The molecule has 0 saturated heterocycles. The number of benzene rings is 1. The maximum Gasteiger partial charge on any atom is 0.434 e. The quantitative estimate of drug-likeness (QED) is 0.462. The predicted molar refractivity (Wildman–Crippen MR) is 87.8 cm³/mol. The Morgan fingerprint density at radius 1 is 1.12 bits per heavy atom. The zero-order valence-corrected chi connectivity index (χ0v) is 14.4. The average Bonchev–Trinajstić information content (AvgIpc) is 2.81. The minimum absolute atomic E-state index is 0.343. The smallest absolute Gasteiger partial charge is 0.383 e. The molecule has 2 N–H and O–H groups in total. The third-order valence-electron chi connectivity index (χ3n) is 3.64. The third kappa shape index (κ3) is 3.16. The zero-order chi connectivity index (χ0) is 19.4. The molecule has 26 heavy (non-hydrogen) atoms. The predicted octanol–water partition coefficient (Wildman–Crippen LogP) is 5.27. The number of hydrogen-bond donors (Lipinski definition) is 1. The first-order valence-corrected chi connectivity index (χ1v) is 7.75. The van der Waals surface area contributed by atoms with Crippen LogP contribution in [-0.4, -0.2) is 14.8 Å². The number of nitrogens with two attached hydrogens (primary N) is 1. The van der Waals surface area contributed by atoms with Gasteiger partial charge in [-0.05, 0) is 48.4 Å². The molecule has 11 heteroatoms. The van der Waals surface area contributed by atoms with E-state index in [1.807, 2.05) is 0 Å². The summed E-state index contributed by atoms with van der Waals surface area (Å²) in [7, 11) is 0. The van der Waals surface area contributed by atoms with E-state index in [1.165, 1.54) is 12.1 Å². The summed E-state index contributed by atoms with van der Waals surface area (Å²) in [6, 6.07) is 5.23. The van der Waals surface area contributed by atoms with E-state index in [9.17, 15) is 22.0 Å². The van der Waals surface area contributed by atoms with E-state index >= 15 is 0 Å². The standard InChI is InChI=1S/C15H9Cl2F5N4/c1-6-4-7(16)2-3-9(6)26-13(23)11-8(25-26)5-10(14(17,18)19)24-12(11)15(20,21)22/h2-5H,23H2,1H3. The first-order valence-electron chi connectivity index (χ1n) is 6.99. The zero-order valence-electron chi connectivity index (χ0n) is 12.9. The van der Waals surface area contributed by atoms with Crippen LogP contribution in [0.4, 0.5) is 27.8 Å². The Morgan fingerprint density at radius 2 is 1.77 bits per heavy atom. The Labute approximate surface area is 153 Å². The molecular weight excluding hydrogens is 402 g/mol. The van der Waals surface area contributed by atoms with Crippen molar-refractivity contribution in [1.29, 1.82) is 0 Å². The summed E-state index contributed by atoms with van der Waals surface area (Å²) in [5, 5.41) is -0.337. The number of anilines is 1. The summed E-state index contributed by atoms with van der Waals surface area (Å²) in [6.45, 7) is 1.65. The molecule has 0 atom stereocenters. The van der Waals surface area contributed by atoms with Crippen LogP contribution in [0.15, 0.2) is 24.3 Å². The topological polar surface area (TPSA) is 56.7 Å². The summed E-state index contributed by atoms with van der Waals surface area (Å²) in [4.78, 5) is 2.99. The number of pyridine rings is 1. The van der Waals surface area contributed by atoms with Crippen LogP contribution in [0.3, 0.4) is 0 Å². The summed E-state index contributed by atoms with van der Waals surface area (Å²) in [6.07, 6.45) is -5.03. The molecule has 0 saturated carbocycles. The van der Waals surface area contributed by atoms with Crippen LogP contribution < -0.4 is 5.73 Å². The fourth-order valence-electron chi connectivity index (χ4n) is 2.52. The third-order valence-corrected chi connectivity index (χ3v) is 4.07. The molecule has 0 aliphatic carbocycles. The Hall–Kier alpha value is -2.13. The second-order valence-corrected chi connectivity index (χ2v) is 6.38. The Morgan fingerprint density at radius 3 is 2.31 bits per heavy atom. The van der Waals surface area contributed by atoms with Crippen molar-refractivity contribution in [2.75, 3.05) is 5.73 Å². The number of aromatic nitrogens is 3. The van der Waals surface area contributed by atoms with Gasteiger partial charge in [-0.2, -0.15) is 27.1 Å². The monoisotopic (exact) mass is 410 g/mol. The fourth-order valence-corrected chi connectivity index (χ4v) is 2.84. The van der Waals surface area contributed by atoms with E-state index in [2.05, 4.69) is 10.1 Å². The van der Waals surface area contributed by atoms with Crippen molar-refractivity contribution in [3.8, 4) is 5.69 Å². The molecule has 0 spiro atoms. The molecule has 138 valence electrons. The lowest BCUT2D eigenvalue weighted by Crippen LogP contribution is -2.15. The number of nitrogens with zero attached hydrogens (tertiary/aromatic N) is 3. The van der Waals surface area contributed by atoms with E-state index in [-0.39, 0.29) is 0 Å². The molecule has 0 aliphatic rings. The molecule has 3 rings (SSSR count). The van der Waals surface area contributed by atoms with E-state index < -0.39 is 39.7 Å². The highest BCUT2D eigenvalue weighted by atomic mass is 35.5. The minimum atomic E-state index is -5.03. The molecule has 0 amide bonds. The van der Waals surface area contributed by atoms with Crippen molar-refractivity contribution in [2.24, 2.45) is 0 Å². The number of hydrogen-bond acceptors (Lipinski definition) is 3. The SMILES string of the molecule is Cc1cc(Cl)ccc1-n1nc2cc(C(F)(F)Cl)nc(C(F)(F)F)c2c1N. The van der Waals surface area contributed by atoms with Crippen LogP contribution in [0.1, 0.15) is 17.0 Å². The Kier molecular flexibility index (Phi) is 4.27. The van der Waals surface area contributed by atoms with Crippen molar-refractivity contribution in [3.63, 3.8) is 0 Å². The van der Waals surface area contributed by atoms with Gasteiger partial charge in [0, 0.05) is 5.02 Å². The van der Waals surface area contributed by atoms with Gasteiger partial charge in [-0.15, -0.1) is 0 Å². The number of rotatable bonds is 2. The van der Waals surface area contributed by atoms with Gasteiger partial charge in [0.15, 0.2) is 5.69 Å². The maximum absolute atomic E-state index is 13.3. The minimum Gasteiger partial charge on any atom is -0.383 e. The van der Waals surface area contributed by atoms with Gasteiger partial charge < -0.3 is 5.73 Å². The van der Waals surface area contributed by atoms with Gasteiger partial charge in [-0.3, -0.25) is 0 Å². The van der Waals surface area contributed by atoms with Crippen molar-refractivity contribution < 1.29 is 22.0 Å². The number of alkyl halides is 6. The van der Waals surface area contributed by atoms with Crippen LogP contribution in [0, 0.1) is 6.92 Å². The van der Waals surface area contributed by atoms with Gasteiger partial charge in [-0.1, -0.05) is 11.6 Å². The second-order valence-electron chi connectivity index (χ2n) is 5.47. The van der Waals surface area contributed by atoms with E-state index in [0.29, 0.717) is 22.3 Å². The summed E-state index contributed by atoms with van der Waals surface area (Å²) in [5.41, 5.74) is 3.50. The van der Waals surface area contributed by atoms with Gasteiger partial charge >= 0.3 is 11.6 Å². The van der Waals surface area contributed by atoms with Gasteiger partial charge in [-0.25, -0.2) is 9.67 Å². The normalized spacial score (nSPS) is 12.8. The van der Waals surface area contributed by atoms with Gasteiger partial charge in [0.1, 0.15) is 11.5 Å². The van der Waals surface area contributed by atoms with Gasteiger partial charge in [0.05, 0.1) is 16.6 Å². The molecule has 0 radical (unpaired) electrons. The van der Waals surface area contributed by atoms with E-state index in [0.717, 1.165) is 4.68 Å². The number of halogens is 7. The van der Waals surface area contributed by atoms with Crippen LogP contribution >= 0.6 is 23.2 Å². The number of fused-ring (bicyclic) bond motifs is 1. The average molecular weight is 411 g/mol. The molecule has 0 fully saturated rings. The first-order chi connectivity index (χ1) is 11.9. The van der Waals surface area contributed by atoms with Crippen molar-refractivity contribution >= 4 is 39.9 Å². The molecule has 2 heterocycles. The number of nitrogen functional groups attached to an aromatic ring is 1. The highest BCUT2D eigenvalue weighted by molar-refractivity contribution is 6.30. The number of aryl methyl sites for hydroxylation is 1. The Balaban J connectivity index is 2.38. The van der Waals surface area contributed by atoms with Gasteiger partial charge in [0.2, 0.25) is 0 Å². The molecule has 1 aromatic carbocycles. The Bertz CT molecular complexity index is 1010. The summed E-state index contributed by atoms with van der Waals surface area (Å²) >= 11 is 10.7. The molecule has 3 aromatic rings. The summed E-state index contributed by atoms with van der Waals surface area (Å²) in [5.74, 6) is -0.394. The highest BCUT2D eigenvalue weighted by Gasteiger charge is 2.40. The summed E-state index contributed by atoms with van der Waals surface area (Å²) < 4.78 is 67.8. The van der Waals surface area contributed by atoms with Crippen molar-refractivity contribution in [1.82, 2.24) is 14.8 Å².